The molecule has 4 heteroatoms. The minimum Gasteiger partial charge on any atom is -0.478 e. The summed E-state index contributed by atoms with van der Waals surface area (Å²) in [5.41, 5.74) is 5.84. The van der Waals surface area contributed by atoms with Crippen molar-refractivity contribution >= 4 is 17.6 Å². The van der Waals surface area contributed by atoms with E-state index in [1.165, 1.54) is 18.2 Å². The van der Waals surface area contributed by atoms with Gasteiger partial charge in [-0.15, -0.1) is 0 Å². The van der Waals surface area contributed by atoms with Crippen molar-refractivity contribution in [2.24, 2.45) is 5.73 Å². The maximum absolute atomic E-state index is 10.6. The van der Waals surface area contributed by atoms with Crippen LogP contribution in [0.1, 0.15) is 15.9 Å². The summed E-state index contributed by atoms with van der Waals surface area (Å²) in [7, 11) is 0. The predicted octanol–water partition coefficient (Wildman–Crippen LogP) is 1.35. The maximum Gasteiger partial charge on any atom is 0.335 e. The van der Waals surface area contributed by atoms with Crippen LogP contribution < -0.4 is 5.73 Å². The maximum atomic E-state index is 10.6. The molecule has 0 atom stereocenters. The van der Waals surface area contributed by atoms with Crippen molar-refractivity contribution < 1.29 is 9.90 Å². The molecule has 1 aromatic carbocycles. The van der Waals surface area contributed by atoms with E-state index in [4.69, 9.17) is 22.4 Å². The van der Waals surface area contributed by atoms with Gasteiger partial charge in [-0.2, -0.15) is 0 Å². The summed E-state index contributed by atoms with van der Waals surface area (Å²) in [6, 6.07) is 4.36. The lowest BCUT2D eigenvalue weighted by atomic mass is 10.1. The molecule has 0 aliphatic carbocycles. The number of aromatic carboxylic acids is 1. The number of halogens is 1. The van der Waals surface area contributed by atoms with Gasteiger partial charge in [0.2, 0.25) is 0 Å². The first-order valence-corrected chi connectivity index (χ1v) is 4.24. The van der Waals surface area contributed by atoms with Crippen molar-refractivity contribution in [1.29, 1.82) is 0 Å². The molecule has 72 valence electrons. The quantitative estimate of drug-likeness (QED) is 0.687. The standard InChI is InChI=1S/C10H8ClNO2/c11-9-4-3-8(10(13)14)6-7(9)2-1-5-12/h3-4,6H,5,12H2,(H,13,14). The second-order valence-corrected chi connectivity index (χ2v) is 2.91. The highest BCUT2D eigenvalue weighted by molar-refractivity contribution is 6.31. The fourth-order valence-electron chi connectivity index (χ4n) is 0.900. The summed E-state index contributed by atoms with van der Waals surface area (Å²) in [4.78, 5) is 10.6. The molecule has 1 rings (SSSR count). The molecule has 0 spiro atoms. The van der Waals surface area contributed by atoms with Crippen molar-refractivity contribution in [3.8, 4) is 11.8 Å². The number of nitrogens with two attached hydrogens (primary N) is 1. The third kappa shape index (κ3) is 2.49. The molecule has 0 amide bonds. The molecular formula is C10H8ClNO2. The van der Waals surface area contributed by atoms with Crippen LogP contribution in [-0.2, 0) is 0 Å². The largest absolute Gasteiger partial charge is 0.478 e. The fraction of sp³-hybridized carbons (Fsp3) is 0.100. The van der Waals surface area contributed by atoms with Crippen LogP contribution in [-0.4, -0.2) is 17.6 Å². The summed E-state index contributed by atoms with van der Waals surface area (Å²) >= 11 is 5.80. The minimum absolute atomic E-state index is 0.163. The van der Waals surface area contributed by atoms with Crippen LogP contribution in [0.4, 0.5) is 0 Å². The Hall–Kier alpha value is -1.50. The molecule has 0 aliphatic heterocycles. The van der Waals surface area contributed by atoms with Gasteiger partial charge in [0, 0.05) is 5.56 Å². The molecule has 0 bridgehead atoms. The van der Waals surface area contributed by atoms with Crippen LogP contribution in [0.15, 0.2) is 18.2 Å². The van der Waals surface area contributed by atoms with E-state index in [0.29, 0.717) is 10.6 Å². The zero-order valence-corrected chi connectivity index (χ0v) is 8.01. The number of hydrogen-bond donors (Lipinski definition) is 2. The van der Waals surface area contributed by atoms with E-state index in [9.17, 15) is 4.79 Å². The van der Waals surface area contributed by atoms with Gasteiger partial charge in [-0.1, -0.05) is 23.4 Å². The Balaban J connectivity index is 3.14. The molecule has 14 heavy (non-hydrogen) atoms. The second-order valence-electron chi connectivity index (χ2n) is 2.51. The van der Waals surface area contributed by atoms with E-state index < -0.39 is 5.97 Å². The number of carboxylic acid groups (broad SMARTS) is 1. The number of carbonyl (C=O) groups is 1. The van der Waals surface area contributed by atoms with Crippen LogP contribution in [0.5, 0.6) is 0 Å². The van der Waals surface area contributed by atoms with Crippen molar-refractivity contribution in [3.05, 3.63) is 34.3 Å². The highest BCUT2D eigenvalue weighted by atomic mass is 35.5. The first-order valence-electron chi connectivity index (χ1n) is 3.87. The molecule has 0 fully saturated rings. The molecule has 0 aromatic heterocycles. The molecule has 0 radical (unpaired) electrons. The Kier molecular flexibility index (Phi) is 3.52. The van der Waals surface area contributed by atoms with Crippen molar-refractivity contribution in [3.63, 3.8) is 0 Å². The zero-order chi connectivity index (χ0) is 10.6. The number of benzene rings is 1. The molecule has 0 unspecified atom stereocenters. The third-order valence-corrected chi connectivity index (χ3v) is 1.87. The highest BCUT2D eigenvalue weighted by Crippen LogP contribution is 2.16. The van der Waals surface area contributed by atoms with E-state index in [2.05, 4.69) is 11.8 Å². The van der Waals surface area contributed by atoms with E-state index >= 15 is 0 Å². The number of rotatable bonds is 1. The van der Waals surface area contributed by atoms with Crippen molar-refractivity contribution in [1.82, 2.24) is 0 Å². The van der Waals surface area contributed by atoms with Gasteiger partial charge >= 0.3 is 5.97 Å². The van der Waals surface area contributed by atoms with Gasteiger partial charge in [-0.3, -0.25) is 0 Å². The Morgan fingerprint density at radius 1 is 1.57 bits per heavy atom. The molecule has 3 nitrogen and oxygen atoms in total. The Morgan fingerprint density at radius 2 is 2.29 bits per heavy atom. The molecule has 3 N–H and O–H groups in total. The minimum atomic E-state index is -1.00. The number of carboxylic acids is 1. The van der Waals surface area contributed by atoms with Gasteiger partial charge in [0.1, 0.15) is 0 Å². The Morgan fingerprint density at radius 3 is 2.86 bits per heavy atom. The lowest BCUT2D eigenvalue weighted by Crippen LogP contribution is -1.97. The van der Waals surface area contributed by atoms with Crippen molar-refractivity contribution in [2.45, 2.75) is 0 Å². The van der Waals surface area contributed by atoms with Gasteiger partial charge in [0.05, 0.1) is 17.1 Å². The summed E-state index contributed by atoms with van der Waals surface area (Å²) in [6.07, 6.45) is 0. The first kappa shape index (κ1) is 10.6. The molecule has 0 saturated carbocycles. The Labute approximate surface area is 86.5 Å². The first-order chi connectivity index (χ1) is 6.65. The number of hydrogen-bond acceptors (Lipinski definition) is 2. The zero-order valence-electron chi connectivity index (χ0n) is 7.25. The fourth-order valence-corrected chi connectivity index (χ4v) is 1.07. The summed E-state index contributed by atoms with van der Waals surface area (Å²) in [6.45, 7) is 0.216. The second kappa shape index (κ2) is 4.66. The van der Waals surface area contributed by atoms with E-state index in [0.717, 1.165) is 0 Å². The summed E-state index contributed by atoms with van der Waals surface area (Å²) in [5, 5.41) is 9.14. The van der Waals surface area contributed by atoms with E-state index in [1.54, 1.807) is 0 Å². The van der Waals surface area contributed by atoms with Crippen LogP contribution in [0, 0.1) is 11.8 Å². The monoisotopic (exact) mass is 209 g/mol. The van der Waals surface area contributed by atoms with Gasteiger partial charge in [-0.25, -0.2) is 4.79 Å². The van der Waals surface area contributed by atoms with Crippen LogP contribution in [0.25, 0.3) is 0 Å². The van der Waals surface area contributed by atoms with Gasteiger partial charge in [-0.05, 0) is 18.2 Å². The van der Waals surface area contributed by atoms with Gasteiger partial charge in [0.25, 0.3) is 0 Å². The molecule has 1 aromatic rings. The molecule has 0 saturated heterocycles. The summed E-state index contributed by atoms with van der Waals surface area (Å²) in [5.74, 6) is 4.31. The van der Waals surface area contributed by atoms with Gasteiger partial charge < -0.3 is 10.8 Å². The van der Waals surface area contributed by atoms with Crippen LogP contribution in [0.3, 0.4) is 0 Å². The smallest absolute Gasteiger partial charge is 0.335 e. The van der Waals surface area contributed by atoms with Crippen LogP contribution >= 0.6 is 11.6 Å². The predicted molar refractivity (Wildman–Crippen MR) is 54.3 cm³/mol. The SMILES string of the molecule is NCC#Cc1cc(C(=O)O)ccc1Cl. The molecular weight excluding hydrogens is 202 g/mol. The average molecular weight is 210 g/mol. The lowest BCUT2D eigenvalue weighted by molar-refractivity contribution is 0.0697. The third-order valence-electron chi connectivity index (χ3n) is 1.54. The van der Waals surface area contributed by atoms with E-state index in [-0.39, 0.29) is 12.1 Å². The Bertz CT molecular complexity index is 418. The molecule has 0 heterocycles. The lowest BCUT2D eigenvalue weighted by Gasteiger charge is -1.97. The normalized spacial score (nSPS) is 9.00. The topological polar surface area (TPSA) is 63.3 Å². The summed E-state index contributed by atoms with van der Waals surface area (Å²) < 4.78 is 0. The van der Waals surface area contributed by atoms with Gasteiger partial charge in [0.15, 0.2) is 0 Å². The highest BCUT2D eigenvalue weighted by Gasteiger charge is 2.04. The average Bonchev–Trinajstić information content (AvgIpc) is 2.16. The van der Waals surface area contributed by atoms with Crippen LogP contribution in [0.2, 0.25) is 5.02 Å². The van der Waals surface area contributed by atoms with E-state index in [1.807, 2.05) is 0 Å². The molecule has 0 aliphatic rings. The van der Waals surface area contributed by atoms with Crippen molar-refractivity contribution in [2.75, 3.05) is 6.54 Å².